The van der Waals surface area contributed by atoms with Crippen molar-refractivity contribution >= 4 is 5.91 Å². The minimum absolute atomic E-state index is 0.0689. The molecule has 5 nitrogen and oxygen atoms in total. The first-order chi connectivity index (χ1) is 13.5. The fraction of sp³-hybridized carbons (Fsp3) is 0.182. The highest BCUT2D eigenvalue weighted by molar-refractivity contribution is 5.76. The number of hydrogen-bond acceptors (Lipinski definition) is 3. The van der Waals surface area contributed by atoms with E-state index in [-0.39, 0.29) is 23.8 Å². The minimum Gasteiger partial charge on any atom is -0.497 e. The Balaban J connectivity index is 1.74. The first kappa shape index (κ1) is 19.4. The molecule has 1 heterocycles. The zero-order valence-electron chi connectivity index (χ0n) is 15.8. The number of amides is 1. The van der Waals surface area contributed by atoms with Crippen molar-refractivity contribution in [2.24, 2.45) is 0 Å². The van der Waals surface area contributed by atoms with Crippen molar-refractivity contribution in [1.82, 2.24) is 9.47 Å². The van der Waals surface area contributed by atoms with E-state index < -0.39 is 0 Å². The Morgan fingerprint density at radius 3 is 2.29 bits per heavy atom. The maximum Gasteiger partial charge on any atom is 0.251 e. The zero-order chi connectivity index (χ0) is 20.1. The van der Waals surface area contributed by atoms with E-state index in [4.69, 9.17) is 4.74 Å². The quantitative estimate of drug-likeness (QED) is 0.659. The third-order valence-corrected chi connectivity index (χ3v) is 4.47. The number of carbonyl (C=O) groups excluding carboxylic acids is 1. The van der Waals surface area contributed by atoms with E-state index in [2.05, 4.69) is 0 Å². The summed E-state index contributed by atoms with van der Waals surface area (Å²) in [6.45, 7) is 0.270. The topological polar surface area (TPSA) is 51.5 Å². The smallest absolute Gasteiger partial charge is 0.251 e. The van der Waals surface area contributed by atoms with Crippen LogP contribution >= 0.6 is 0 Å². The molecule has 1 aromatic heterocycles. The largest absolute Gasteiger partial charge is 0.497 e. The van der Waals surface area contributed by atoms with E-state index in [0.717, 1.165) is 22.4 Å². The van der Waals surface area contributed by atoms with Crippen LogP contribution in [0.2, 0.25) is 0 Å². The lowest BCUT2D eigenvalue weighted by atomic mass is 10.1. The van der Waals surface area contributed by atoms with E-state index in [1.165, 1.54) is 27.7 Å². The Morgan fingerprint density at radius 1 is 1.00 bits per heavy atom. The van der Waals surface area contributed by atoms with Gasteiger partial charge in [0.15, 0.2) is 0 Å². The molecule has 0 radical (unpaired) electrons. The molecule has 6 heteroatoms. The molecule has 2 aromatic carbocycles. The normalized spacial score (nSPS) is 10.5. The average Bonchev–Trinajstić information content (AvgIpc) is 2.71. The molecule has 3 rings (SSSR count). The van der Waals surface area contributed by atoms with Crippen molar-refractivity contribution < 1.29 is 13.9 Å². The summed E-state index contributed by atoms with van der Waals surface area (Å²) >= 11 is 0. The van der Waals surface area contributed by atoms with Crippen molar-refractivity contribution in [2.75, 3.05) is 14.2 Å². The lowest BCUT2D eigenvalue weighted by molar-refractivity contribution is -0.131. The number of ether oxygens (including phenoxy) is 1. The molecule has 0 saturated carbocycles. The van der Waals surface area contributed by atoms with Gasteiger partial charge in [-0.25, -0.2) is 4.39 Å². The Bertz CT molecular complexity index is 1010. The standard InChI is InChI=1S/C22H21FN2O3/c1-24(13-16-3-8-19(23)9-4-16)22(27)15-25-14-18(7-12-21(25)26)17-5-10-20(28-2)11-6-17/h3-12,14H,13,15H2,1-2H3. The van der Waals surface area contributed by atoms with Crippen LogP contribution in [-0.4, -0.2) is 29.5 Å². The van der Waals surface area contributed by atoms with Crippen molar-refractivity contribution in [1.29, 1.82) is 0 Å². The molecule has 3 aromatic rings. The van der Waals surface area contributed by atoms with Crippen molar-refractivity contribution in [3.05, 3.63) is 88.6 Å². The molecule has 0 atom stereocenters. The van der Waals surface area contributed by atoms with Gasteiger partial charge in [-0.05, 0) is 47.0 Å². The highest BCUT2D eigenvalue weighted by Crippen LogP contribution is 2.21. The number of hydrogen-bond donors (Lipinski definition) is 0. The monoisotopic (exact) mass is 380 g/mol. The first-order valence-corrected chi connectivity index (χ1v) is 8.79. The zero-order valence-corrected chi connectivity index (χ0v) is 15.8. The van der Waals surface area contributed by atoms with Gasteiger partial charge in [0.2, 0.25) is 5.91 Å². The number of likely N-dealkylation sites (N-methyl/N-ethyl adjacent to an activating group) is 1. The Kier molecular flexibility index (Phi) is 5.89. The molecule has 28 heavy (non-hydrogen) atoms. The third-order valence-electron chi connectivity index (χ3n) is 4.47. The summed E-state index contributed by atoms with van der Waals surface area (Å²) in [6, 6.07) is 16.6. The van der Waals surface area contributed by atoms with Gasteiger partial charge >= 0.3 is 0 Å². The van der Waals surface area contributed by atoms with E-state index in [9.17, 15) is 14.0 Å². The molecule has 0 fully saturated rings. The summed E-state index contributed by atoms with van der Waals surface area (Å²) in [5.74, 6) is 0.215. The maximum atomic E-state index is 13.0. The number of carbonyl (C=O) groups is 1. The van der Waals surface area contributed by atoms with Crippen LogP contribution in [0.1, 0.15) is 5.56 Å². The van der Waals surface area contributed by atoms with Gasteiger partial charge in [-0.2, -0.15) is 0 Å². The molecule has 0 spiro atoms. The van der Waals surface area contributed by atoms with Crippen LogP contribution in [-0.2, 0) is 17.9 Å². The summed E-state index contributed by atoms with van der Waals surface area (Å²) < 4.78 is 19.6. The molecular weight excluding hydrogens is 359 g/mol. The fourth-order valence-electron chi connectivity index (χ4n) is 2.83. The predicted molar refractivity (Wildman–Crippen MR) is 106 cm³/mol. The second-order valence-electron chi connectivity index (χ2n) is 6.49. The maximum absolute atomic E-state index is 13.0. The van der Waals surface area contributed by atoms with Crippen LogP contribution in [0.3, 0.4) is 0 Å². The summed E-state index contributed by atoms with van der Waals surface area (Å²) in [4.78, 5) is 26.2. The molecule has 0 aliphatic carbocycles. The summed E-state index contributed by atoms with van der Waals surface area (Å²) in [5.41, 5.74) is 2.32. The third kappa shape index (κ3) is 4.65. The number of pyridine rings is 1. The SMILES string of the molecule is COc1ccc(-c2ccc(=O)n(CC(=O)N(C)Cc3ccc(F)cc3)c2)cc1. The van der Waals surface area contributed by atoms with E-state index in [1.807, 2.05) is 24.3 Å². The van der Waals surface area contributed by atoms with Gasteiger partial charge in [-0.1, -0.05) is 24.3 Å². The average molecular weight is 380 g/mol. The van der Waals surface area contributed by atoms with Gasteiger partial charge in [-0.3, -0.25) is 9.59 Å². The lowest BCUT2D eigenvalue weighted by Gasteiger charge is -2.18. The number of rotatable bonds is 6. The van der Waals surface area contributed by atoms with Crippen molar-refractivity contribution in [2.45, 2.75) is 13.1 Å². The minimum atomic E-state index is -0.320. The second-order valence-corrected chi connectivity index (χ2v) is 6.49. The van der Waals surface area contributed by atoms with Crippen LogP contribution in [0.5, 0.6) is 5.75 Å². The molecule has 0 saturated heterocycles. The second kappa shape index (κ2) is 8.52. The fourth-order valence-corrected chi connectivity index (χ4v) is 2.83. The summed E-state index contributed by atoms with van der Waals surface area (Å²) in [5, 5.41) is 0. The molecule has 0 unspecified atom stereocenters. The molecule has 0 bridgehead atoms. The van der Waals surface area contributed by atoms with Crippen LogP contribution in [0.4, 0.5) is 4.39 Å². The van der Waals surface area contributed by atoms with Crippen LogP contribution in [0.25, 0.3) is 11.1 Å². The Morgan fingerprint density at radius 2 is 1.64 bits per heavy atom. The number of aromatic nitrogens is 1. The Hall–Kier alpha value is -3.41. The van der Waals surface area contributed by atoms with Gasteiger partial charge in [0, 0.05) is 25.9 Å². The van der Waals surface area contributed by atoms with Crippen LogP contribution in [0, 0.1) is 5.82 Å². The summed E-state index contributed by atoms with van der Waals surface area (Å²) in [7, 11) is 3.26. The first-order valence-electron chi connectivity index (χ1n) is 8.79. The van der Waals surface area contributed by atoms with E-state index >= 15 is 0 Å². The molecule has 0 aliphatic rings. The highest BCUT2D eigenvalue weighted by atomic mass is 19.1. The van der Waals surface area contributed by atoms with Crippen molar-refractivity contribution in [3.8, 4) is 16.9 Å². The number of benzene rings is 2. The van der Waals surface area contributed by atoms with Gasteiger partial charge in [0.1, 0.15) is 18.1 Å². The van der Waals surface area contributed by atoms with Gasteiger partial charge in [-0.15, -0.1) is 0 Å². The van der Waals surface area contributed by atoms with Crippen molar-refractivity contribution in [3.63, 3.8) is 0 Å². The molecule has 144 valence electrons. The van der Waals surface area contributed by atoms with Crippen LogP contribution < -0.4 is 10.3 Å². The predicted octanol–water partition coefficient (Wildman–Crippen LogP) is 3.32. The molecular formula is C22H21FN2O3. The molecule has 0 aliphatic heterocycles. The Labute approximate surface area is 162 Å². The lowest BCUT2D eigenvalue weighted by Crippen LogP contribution is -2.33. The molecule has 0 N–H and O–H groups in total. The number of halogens is 1. The summed E-state index contributed by atoms with van der Waals surface area (Å²) in [6.07, 6.45) is 1.67. The van der Waals surface area contributed by atoms with Gasteiger partial charge in [0.25, 0.3) is 5.56 Å². The van der Waals surface area contributed by atoms with Gasteiger partial charge in [0.05, 0.1) is 7.11 Å². The van der Waals surface area contributed by atoms with Crippen LogP contribution in [0.15, 0.2) is 71.7 Å². The van der Waals surface area contributed by atoms with E-state index in [0.29, 0.717) is 6.54 Å². The van der Waals surface area contributed by atoms with Gasteiger partial charge < -0.3 is 14.2 Å². The molecule has 1 amide bonds. The number of nitrogens with zero attached hydrogens (tertiary/aromatic N) is 2. The number of methoxy groups -OCH3 is 1. The van der Waals surface area contributed by atoms with E-state index in [1.54, 1.807) is 38.6 Å². The highest BCUT2D eigenvalue weighted by Gasteiger charge is 2.12.